The Morgan fingerprint density at radius 2 is 0.500 bits per heavy atom. The van der Waals surface area contributed by atoms with Gasteiger partial charge in [0.05, 0.1) is 22.8 Å². The van der Waals surface area contributed by atoms with Gasteiger partial charge in [0.2, 0.25) is 0 Å². The molecular formula is C44H30N4. The molecule has 4 nitrogen and oxygen atoms in total. The van der Waals surface area contributed by atoms with Crippen LogP contribution in [0.5, 0.6) is 0 Å². The van der Waals surface area contributed by atoms with Crippen molar-refractivity contribution in [3.05, 3.63) is 168 Å². The Morgan fingerprint density at radius 1 is 0.271 bits per heavy atom. The van der Waals surface area contributed by atoms with Crippen molar-refractivity contribution in [2.75, 3.05) is 0 Å². The fourth-order valence-electron chi connectivity index (χ4n) is 6.84. The van der Waals surface area contributed by atoms with Gasteiger partial charge in [-0.15, -0.1) is 0 Å². The van der Waals surface area contributed by atoms with Gasteiger partial charge in [-0.1, -0.05) is 121 Å². The van der Waals surface area contributed by atoms with Crippen molar-refractivity contribution in [3.63, 3.8) is 0 Å². The van der Waals surface area contributed by atoms with Crippen molar-refractivity contribution < 1.29 is 0 Å². The quantitative estimate of drug-likeness (QED) is 0.207. The molecule has 0 amide bonds. The fraction of sp³-hybridized carbons (Fsp3) is 0. The third kappa shape index (κ3) is 4.88. The maximum Gasteiger partial charge on any atom is 0.0737 e. The van der Waals surface area contributed by atoms with Gasteiger partial charge in [-0.2, -0.15) is 0 Å². The first-order valence-electron chi connectivity index (χ1n) is 16.2. The van der Waals surface area contributed by atoms with Crippen molar-refractivity contribution >= 4 is 46.4 Å². The van der Waals surface area contributed by atoms with E-state index in [9.17, 15) is 0 Å². The van der Waals surface area contributed by atoms with E-state index in [0.717, 1.165) is 89.4 Å². The third-order valence-corrected chi connectivity index (χ3v) is 9.00. The van der Waals surface area contributed by atoms with E-state index < -0.39 is 0 Å². The molecule has 0 atom stereocenters. The van der Waals surface area contributed by atoms with E-state index >= 15 is 0 Å². The first kappa shape index (κ1) is 27.8. The summed E-state index contributed by atoms with van der Waals surface area (Å²) in [7, 11) is 0. The molecule has 0 unspecified atom stereocenters. The maximum absolute atomic E-state index is 5.35. The number of hydrogen-bond donors (Lipinski definition) is 2. The van der Waals surface area contributed by atoms with Gasteiger partial charge in [-0.05, 0) is 70.8 Å². The fourth-order valence-corrected chi connectivity index (χ4v) is 6.84. The van der Waals surface area contributed by atoms with Crippen LogP contribution in [0, 0.1) is 0 Å². The van der Waals surface area contributed by atoms with Crippen molar-refractivity contribution in [2.24, 2.45) is 0 Å². The van der Waals surface area contributed by atoms with Crippen LogP contribution in [0.1, 0.15) is 22.8 Å². The summed E-state index contributed by atoms with van der Waals surface area (Å²) in [5.74, 6) is 0. The van der Waals surface area contributed by atoms with Crippen LogP contribution in [0.25, 0.3) is 90.9 Å². The van der Waals surface area contributed by atoms with E-state index in [1.807, 2.05) is 24.3 Å². The minimum absolute atomic E-state index is 0.906. The number of fused-ring (bicyclic) bond motifs is 8. The zero-order valence-corrected chi connectivity index (χ0v) is 26.1. The molecule has 0 spiro atoms. The maximum atomic E-state index is 5.35. The summed E-state index contributed by atoms with van der Waals surface area (Å²) in [6.07, 6.45) is 8.54. The molecule has 9 rings (SSSR count). The predicted octanol–water partition coefficient (Wildman–Crippen LogP) is 11.3. The summed E-state index contributed by atoms with van der Waals surface area (Å²) in [6, 6.07) is 50.7. The number of hydrogen-bond acceptors (Lipinski definition) is 2. The highest BCUT2D eigenvalue weighted by Gasteiger charge is 2.18. The molecule has 2 aliphatic heterocycles. The van der Waals surface area contributed by atoms with Gasteiger partial charge in [0.15, 0.2) is 0 Å². The van der Waals surface area contributed by atoms with Gasteiger partial charge in [0.1, 0.15) is 0 Å². The number of benzene rings is 4. The Morgan fingerprint density at radius 3 is 0.729 bits per heavy atom. The Bertz CT molecular complexity index is 2170. The van der Waals surface area contributed by atoms with Gasteiger partial charge >= 0.3 is 0 Å². The average Bonchev–Trinajstić information content (AvgIpc) is 3.98. The first-order chi connectivity index (χ1) is 23.8. The van der Waals surface area contributed by atoms with Crippen LogP contribution in [0.15, 0.2) is 146 Å². The third-order valence-electron chi connectivity index (χ3n) is 9.00. The molecular weight excluding hydrogens is 585 g/mol. The second-order valence-electron chi connectivity index (χ2n) is 12.0. The summed E-state index contributed by atoms with van der Waals surface area (Å²) in [4.78, 5) is 18.3. The van der Waals surface area contributed by atoms with Gasteiger partial charge in [0, 0.05) is 44.3 Å². The molecule has 5 heterocycles. The number of nitrogens with zero attached hydrogens (tertiary/aromatic N) is 2. The number of rotatable bonds is 4. The summed E-state index contributed by atoms with van der Waals surface area (Å²) >= 11 is 0. The second-order valence-corrected chi connectivity index (χ2v) is 12.0. The van der Waals surface area contributed by atoms with Gasteiger partial charge in [-0.3, -0.25) is 0 Å². The molecule has 0 radical (unpaired) electrons. The summed E-state index contributed by atoms with van der Waals surface area (Å²) < 4.78 is 0. The molecule has 3 aromatic heterocycles. The second kappa shape index (κ2) is 11.7. The number of nitrogens with one attached hydrogen (secondary N) is 2. The summed E-state index contributed by atoms with van der Waals surface area (Å²) in [6.45, 7) is 0. The molecule has 7 aromatic rings. The largest absolute Gasteiger partial charge is 0.354 e. The molecule has 0 aliphatic carbocycles. The number of aromatic amines is 2. The predicted molar refractivity (Wildman–Crippen MR) is 201 cm³/mol. The molecule has 226 valence electrons. The molecule has 2 aliphatic rings. The molecule has 8 bridgehead atoms. The lowest BCUT2D eigenvalue weighted by atomic mass is 10.0. The highest BCUT2D eigenvalue weighted by molar-refractivity contribution is 5.99. The number of H-pyrrole nitrogens is 2. The van der Waals surface area contributed by atoms with Gasteiger partial charge in [0.25, 0.3) is 0 Å². The summed E-state index contributed by atoms with van der Waals surface area (Å²) in [5, 5.41) is 0. The van der Waals surface area contributed by atoms with Crippen molar-refractivity contribution in [1.29, 1.82) is 0 Å². The summed E-state index contributed by atoms with van der Waals surface area (Å²) in [5.41, 5.74) is 16.2. The SMILES string of the molecule is C1=Cc2nc1c(-c1ccccc1)c1ccc([nH]1)c(-c1ccccc1)c1nc(c(-c3ccccc3)c3ccc([nH]3)c2-c2ccccc2)C=C1. The van der Waals surface area contributed by atoms with E-state index in [1.165, 1.54) is 0 Å². The Labute approximate surface area is 278 Å². The number of aromatic nitrogens is 4. The first-order valence-corrected chi connectivity index (χ1v) is 16.2. The van der Waals surface area contributed by atoms with Crippen molar-refractivity contribution in [3.8, 4) is 44.5 Å². The molecule has 2 N–H and O–H groups in total. The van der Waals surface area contributed by atoms with Crippen LogP contribution in [0.2, 0.25) is 0 Å². The van der Waals surface area contributed by atoms with Gasteiger partial charge in [-0.25, -0.2) is 9.97 Å². The van der Waals surface area contributed by atoms with Crippen LogP contribution < -0.4 is 0 Å². The molecule has 4 aromatic carbocycles. The van der Waals surface area contributed by atoms with Crippen LogP contribution in [-0.4, -0.2) is 19.9 Å². The average molecular weight is 615 g/mol. The van der Waals surface area contributed by atoms with Crippen molar-refractivity contribution in [1.82, 2.24) is 19.9 Å². The van der Waals surface area contributed by atoms with Crippen LogP contribution in [0.3, 0.4) is 0 Å². The monoisotopic (exact) mass is 614 g/mol. The highest BCUT2D eigenvalue weighted by atomic mass is 14.8. The highest BCUT2D eigenvalue weighted by Crippen LogP contribution is 2.38. The van der Waals surface area contributed by atoms with E-state index in [0.29, 0.717) is 0 Å². The Kier molecular flexibility index (Phi) is 6.76. The van der Waals surface area contributed by atoms with E-state index in [-0.39, 0.29) is 0 Å². The zero-order valence-electron chi connectivity index (χ0n) is 26.1. The standard InChI is InChI=1S/C44H30N4/c1-5-13-29(14-6-1)41-33-21-23-35(45-33)42(30-15-7-2-8-16-30)37-25-27-39(47-37)44(32-19-11-4-12-20-32)40-28-26-38(48-40)43(31-17-9-3-10-18-31)36-24-22-34(41)46-36/h1-28,45,48H. The molecule has 48 heavy (non-hydrogen) atoms. The normalized spacial score (nSPS) is 12.0. The minimum atomic E-state index is 0.906. The zero-order chi connectivity index (χ0) is 31.9. The van der Waals surface area contributed by atoms with E-state index in [1.54, 1.807) is 0 Å². The van der Waals surface area contributed by atoms with Crippen LogP contribution >= 0.6 is 0 Å². The Balaban J connectivity index is 1.49. The minimum Gasteiger partial charge on any atom is -0.354 e. The lowest BCUT2D eigenvalue weighted by Crippen LogP contribution is -1.89. The van der Waals surface area contributed by atoms with E-state index in [2.05, 4.69) is 156 Å². The smallest absolute Gasteiger partial charge is 0.0737 e. The molecule has 0 saturated heterocycles. The lowest BCUT2D eigenvalue weighted by molar-refractivity contribution is 1.31. The lowest BCUT2D eigenvalue weighted by Gasteiger charge is -2.07. The Hall–Kier alpha value is -6.52. The molecule has 0 saturated carbocycles. The topological polar surface area (TPSA) is 57.4 Å². The van der Waals surface area contributed by atoms with E-state index in [4.69, 9.17) is 9.97 Å². The van der Waals surface area contributed by atoms with Gasteiger partial charge < -0.3 is 9.97 Å². The molecule has 4 heteroatoms. The van der Waals surface area contributed by atoms with Crippen LogP contribution in [0.4, 0.5) is 0 Å². The van der Waals surface area contributed by atoms with Crippen molar-refractivity contribution in [2.45, 2.75) is 0 Å². The van der Waals surface area contributed by atoms with Crippen LogP contribution in [-0.2, 0) is 0 Å². The molecule has 0 fully saturated rings.